The summed E-state index contributed by atoms with van der Waals surface area (Å²) in [5.74, 6) is 3.40. The fourth-order valence-electron chi connectivity index (χ4n) is 3.62. The van der Waals surface area contributed by atoms with Gasteiger partial charge in [-0.1, -0.05) is 0 Å². The fourth-order valence-corrected chi connectivity index (χ4v) is 4.76. The Bertz CT molecular complexity index is 1610. The van der Waals surface area contributed by atoms with Crippen molar-refractivity contribution in [3.05, 3.63) is 70.3 Å². The zero-order chi connectivity index (χ0) is 23.1. The van der Waals surface area contributed by atoms with Crippen LogP contribution in [0.25, 0.3) is 32.6 Å². The van der Waals surface area contributed by atoms with Gasteiger partial charge in [-0.3, -0.25) is 0 Å². The van der Waals surface area contributed by atoms with E-state index in [-0.39, 0.29) is 10.6 Å². The molecular formula is C22H15Cl2N7O2S. The van der Waals surface area contributed by atoms with Crippen LogP contribution in [-0.2, 0) is 13.1 Å². The highest BCUT2D eigenvalue weighted by Gasteiger charge is 2.17. The molecule has 0 aliphatic carbocycles. The lowest BCUT2D eigenvalue weighted by Gasteiger charge is -2.06. The number of nitrogens with zero attached hydrogens (tertiary/aromatic N) is 4. The third-order valence-electron chi connectivity index (χ3n) is 5.14. The Morgan fingerprint density at radius 1 is 0.912 bits per heavy atom. The van der Waals surface area contributed by atoms with Crippen LogP contribution in [0.15, 0.2) is 57.0 Å². The molecular weight excluding hydrogens is 497 g/mol. The van der Waals surface area contributed by atoms with E-state index in [2.05, 4.69) is 35.6 Å². The lowest BCUT2D eigenvalue weighted by Crippen LogP contribution is -2.02. The second kappa shape index (κ2) is 8.64. The molecule has 9 nitrogen and oxygen atoms in total. The van der Waals surface area contributed by atoms with Crippen LogP contribution in [0.2, 0.25) is 10.6 Å². The van der Waals surface area contributed by atoms with Crippen molar-refractivity contribution in [2.75, 3.05) is 10.6 Å². The Balaban J connectivity index is 1.25. The molecule has 6 aromatic heterocycles. The molecule has 0 aliphatic rings. The SMILES string of the molecule is Clc1nc(NCc2ccc(-c3c[nH]c4c(NCc5ccco5)nc(Cl)nc34)o2)c2sccc2n1. The van der Waals surface area contributed by atoms with Crippen LogP contribution in [-0.4, -0.2) is 24.9 Å². The van der Waals surface area contributed by atoms with Crippen LogP contribution >= 0.6 is 34.5 Å². The summed E-state index contributed by atoms with van der Waals surface area (Å²) >= 11 is 13.8. The summed E-state index contributed by atoms with van der Waals surface area (Å²) in [6.07, 6.45) is 3.45. The Morgan fingerprint density at radius 2 is 1.74 bits per heavy atom. The number of H-pyrrole nitrogens is 1. The average molecular weight is 512 g/mol. The van der Waals surface area contributed by atoms with Crippen LogP contribution in [0, 0.1) is 0 Å². The van der Waals surface area contributed by atoms with Gasteiger partial charge in [0.25, 0.3) is 0 Å². The van der Waals surface area contributed by atoms with Gasteiger partial charge in [-0.05, 0) is 58.9 Å². The number of aromatic amines is 1. The van der Waals surface area contributed by atoms with Gasteiger partial charge >= 0.3 is 0 Å². The van der Waals surface area contributed by atoms with E-state index in [1.165, 1.54) is 0 Å². The number of halogens is 2. The zero-order valence-electron chi connectivity index (χ0n) is 17.3. The van der Waals surface area contributed by atoms with Gasteiger partial charge in [0.2, 0.25) is 10.6 Å². The second-order valence-corrected chi connectivity index (χ2v) is 8.89. The number of furan rings is 2. The van der Waals surface area contributed by atoms with E-state index in [1.807, 2.05) is 41.9 Å². The molecule has 0 atom stereocenters. The maximum Gasteiger partial charge on any atom is 0.225 e. The largest absolute Gasteiger partial charge is 0.467 e. The number of hydrogen-bond donors (Lipinski definition) is 3. The number of hydrogen-bond acceptors (Lipinski definition) is 9. The average Bonchev–Trinajstić information content (AvgIpc) is 3.62. The Labute approximate surface area is 206 Å². The third kappa shape index (κ3) is 3.96. The van der Waals surface area contributed by atoms with Crippen LogP contribution in [0.4, 0.5) is 11.6 Å². The minimum atomic E-state index is 0.129. The van der Waals surface area contributed by atoms with Crippen molar-refractivity contribution in [3.63, 3.8) is 0 Å². The number of aromatic nitrogens is 5. The van der Waals surface area contributed by atoms with Crippen molar-refractivity contribution in [2.45, 2.75) is 13.1 Å². The van der Waals surface area contributed by atoms with E-state index in [1.54, 1.807) is 17.6 Å². The molecule has 6 rings (SSSR count). The highest BCUT2D eigenvalue weighted by molar-refractivity contribution is 7.17. The summed E-state index contributed by atoms with van der Waals surface area (Å²) in [5, 5.41) is 8.79. The molecule has 170 valence electrons. The maximum absolute atomic E-state index is 6.21. The Kier molecular flexibility index (Phi) is 5.33. The smallest absolute Gasteiger partial charge is 0.225 e. The van der Waals surface area contributed by atoms with Gasteiger partial charge in [0, 0.05) is 6.20 Å². The molecule has 0 fully saturated rings. The highest BCUT2D eigenvalue weighted by Crippen LogP contribution is 2.33. The first-order valence-corrected chi connectivity index (χ1v) is 11.8. The number of thiophene rings is 1. The zero-order valence-corrected chi connectivity index (χ0v) is 19.6. The molecule has 3 N–H and O–H groups in total. The van der Waals surface area contributed by atoms with Crippen LogP contribution in [0.5, 0.6) is 0 Å². The van der Waals surface area contributed by atoms with E-state index >= 15 is 0 Å². The van der Waals surface area contributed by atoms with Crippen molar-refractivity contribution in [2.24, 2.45) is 0 Å². The summed E-state index contributed by atoms with van der Waals surface area (Å²) in [6, 6.07) is 9.40. The van der Waals surface area contributed by atoms with E-state index in [4.69, 9.17) is 32.0 Å². The number of anilines is 2. The van der Waals surface area contributed by atoms with Crippen LogP contribution < -0.4 is 10.6 Å². The van der Waals surface area contributed by atoms with Gasteiger partial charge in [0.05, 0.1) is 35.1 Å². The third-order valence-corrected chi connectivity index (χ3v) is 6.39. The molecule has 0 aliphatic heterocycles. The second-order valence-electron chi connectivity index (χ2n) is 7.30. The predicted molar refractivity (Wildman–Crippen MR) is 132 cm³/mol. The van der Waals surface area contributed by atoms with Crippen molar-refractivity contribution in [1.82, 2.24) is 24.9 Å². The predicted octanol–water partition coefficient (Wildman–Crippen LogP) is 6.35. The van der Waals surface area contributed by atoms with E-state index in [9.17, 15) is 0 Å². The monoisotopic (exact) mass is 511 g/mol. The lowest BCUT2D eigenvalue weighted by molar-refractivity contribution is 0.518. The first kappa shape index (κ1) is 21.0. The highest BCUT2D eigenvalue weighted by atomic mass is 35.5. The summed E-state index contributed by atoms with van der Waals surface area (Å²) in [4.78, 5) is 20.5. The molecule has 0 saturated heterocycles. The summed E-state index contributed by atoms with van der Waals surface area (Å²) in [7, 11) is 0. The van der Waals surface area contributed by atoms with Gasteiger partial charge in [0.1, 0.15) is 34.1 Å². The molecule has 0 saturated carbocycles. The Morgan fingerprint density at radius 3 is 2.62 bits per heavy atom. The summed E-state index contributed by atoms with van der Waals surface area (Å²) in [5.41, 5.74) is 2.95. The van der Waals surface area contributed by atoms with Gasteiger partial charge in [-0.2, -0.15) is 9.97 Å². The maximum atomic E-state index is 6.21. The molecule has 12 heteroatoms. The number of nitrogens with one attached hydrogen (secondary N) is 3. The molecule has 34 heavy (non-hydrogen) atoms. The normalized spacial score (nSPS) is 11.5. The van der Waals surface area contributed by atoms with Gasteiger partial charge in [0.15, 0.2) is 5.82 Å². The number of rotatable bonds is 7. The van der Waals surface area contributed by atoms with Crippen molar-refractivity contribution in [3.8, 4) is 11.3 Å². The molecule has 0 spiro atoms. The standard InChI is InChI=1S/C22H15Cl2N7O2S/c23-21-28-14-5-7-34-18(14)20(31-21)27-9-12-3-4-15(33-12)13-10-25-17-16(13)29-22(24)30-19(17)26-8-11-2-1-6-32-11/h1-7,10,25H,8-9H2,(H,26,29,30)(H,27,28,31). The van der Waals surface area contributed by atoms with Gasteiger partial charge in [-0.15, -0.1) is 11.3 Å². The first-order valence-electron chi connectivity index (χ1n) is 10.2. The molecule has 0 radical (unpaired) electrons. The van der Waals surface area contributed by atoms with Crippen molar-refractivity contribution in [1.29, 1.82) is 0 Å². The van der Waals surface area contributed by atoms with Crippen LogP contribution in [0.3, 0.4) is 0 Å². The van der Waals surface area contributed by atoms with Crippen molar-refractivity contribution >= 4 is 67.4 Å². The van der Waals surface area contributed by atoms with Crippen LogP contribution in [0.1, 0.15) is 11.5 Å². The van der Waals surface area contributed by atoms with Crippen molar-refractivity contribution < 1.29 is 8.83 Å². The molecule has 0 amide bonds. The van der Waals surface area contributed by atoms with E-state index in [0.29, 0.717) is 36.0 Å². The molecule has 0 bridgehead atoms. The molecule has 0 unspecified atom stereocenters. The first-order chi connectivity index (χ1) is 16.6. The quantitative estimate of drug-likeness (QED) is 0.212. The minimum Gasteiger partial charge on any atom is -0.467 e. The molecule has 0 aromatic carbocycles. The Hall–Kier alpha value is -3.60. The summed E-state index contributed by atoms with van der Waals surface area (Å²) in [6.45, 7) is 0.888. The topological polar surface area (TPSA) is 118 Å². The minimum absolute atomic E-state index is 0.129. The lowest BCUT2D eigenvalue weighted by atomic mass is 10.2. The summed E-state index contributed by atoms with van der Waals surface area (Å²) < 4.78 is 12.4. The number of fused-ring (bicyclic) bond motifs is 2. The van der Waals surface area contributed by atoms with Gasteiger partial charge < -0.3 is 24.5 Å². The van der Waals surface area contributed by atoms with E-state index < -0.39 is 0 Å². The van der Waals surface area contributed by atoms with E-state index in [0.717, 1.165) is 32.8 Å². The molecule has 6 heterocycles. The molecule has 6 aromatic rings. The fraction of sp³-hybridized carbons (Fsp3) is 0.0909. The van der Waals surface area contributed by atoms with Gasteiger partial charge in [-0.25, -0.2) is 9.97 Å².